The van der Waals surface area contributed by atoms with Crippen LogP contribution in [-0.4, -0.2) is 75.1 Å². The van der Waals surface area contributed by atoms with Crippen LogP contribution in [0.3, 0.4) is 0 Å². The van der Waals surface area contributed by atoms with Crippen LogP contribution in [0.2, 0.25) is 0 Å². The van der Waals surface area contributed by atoms with Crippen LogP contribution >= 0.6 is 0 Å². The van der Waals surface area contributed by atoms with Gasteiger partial charge in [-0.3, -0.25) is 9.59 Å². The molecule has 57 heavy (non-hydrogen) atoms. The monoisotopic (exact) mass is 831 g/mol. The SMILES string of the molecule is CN(C(=O)[C@H](Cc1cc(F)cc(F)c1)NS(=O)(=O)NC(=O)N[C@]1(C(=O)N(C)c2ccc(OC(F)F)nc2)C[C@@H]1c1cc(F)cc(F)c1)c1ccc(OC(F)F)nc1. The van der Waals surface area contributed by atoms with Crippen LogP contribution in [0, 0.1) is 23.3 Å². The Kier molecular flexibility index (Phi) is 12.5. The van der Waals surface area contributed by atoms with Crippen LogP contribution in [0.15, 0.2) is 73.1 Å². The topological polar surface area (TPSA) is 172 Å². The molecular weight excluding hydrogens is 802 g/mol. The van der Waals surface area contributed by atoms with Crippen molar-refractivity contribution in [1.82, 2.24) is 24.7 Å². The molecule has 0 unspecified atom stereocenters. The van der Waals surface area contributed by atoms with Crippen molar-refractivity contribution in [3.05, 3.63) is 107 Å². The highest BCUT2D eigenvalue weighted by Crippen LogP contribution is 2.53. The van der Waals surface area contributed by atoms with Crippen LogP contribution in [-0.2, 0) is 26.2 Å². The molecule has 304 valence electrons. The first kappa shape index (κ1) is 42.1. The molecule has 4 amide bonds. The molecule has 1 aliphatic rings. The molecule has 2 heterocycles. The fourth-order valence-corrected chi connectivity index (χ4v) is 6.73. The standard InChI is InChI=1S/C34H29F8N7O7S/c1-48(23-3-5-27(43-15-23)55-31(39)40)29(50)26(9-17-7-19(35)12-20(36)8-17)46-57(53,54)47-33(52)45-34(14-25(34)18-10-21(37)13-22(38)11-18)30(51)49(2)24-4-6-28(44-16-24)56-32(41)42/h3-8,10-13,15-16,25-26,31-32,46H,9,14H2,1-2H3,(H2,45,47,52)/t25-,26+,34-/m1/s1. The summed E-state index contributed by atoms with van der Waals surface area (Å²) in [5, 5.41) is 2.22. The predicted molar refractivity (Wildman–Crippen MR) is 183 cm³/mol. The second-order valence-electron chi connectivity index (χ2n) is 12.4. The summed E-state index contributed by atoms with van der Waals surface area (Å²) in [6.45, 7) is -6.42. The average Bonchev–Trinajstić information content (AvgIpc) is 3.83. The Morgan fingerprint density at radius 3 is 1.75 bits per heavy atom. The smallest absolute Gasteiger partial charge is 0.388 e. The van der Waals surface area contributed by atoms with E-state index in [0.29, 0.717) is 12.1 Å². The van der Waals surface area contributed by atoms with E-state index < -0.39 is 100 Å². The van der Waals surface area contributed by atoms with Crippen LogP contribution in [0.25, 0.3) is 0 Å². The molecule has 0 saturated heterocycles. The molecule has 3 N–H and O–H groups in total. The van der Waals surface area contributed by atoms with E-state index in [-0.39, 0.29) is 28.9 Å². The second kappa shape index (κ2) is 17.0. The molecule has 0 bridgehead atoms. The lowest BCUT2D eigenvalue weighted by atomic mass is 10.0. The molecule has 14 nitrogen and oxygen atoms in total. The number of benzene rings is 2. The van der Waals surface area contributed by atoms with Gasteiger partial charge >= 0.3 is 29.5 Å². The van der Waals surface area contributed by atoms with Crippen molar-refractivity contribution in [3.8, 4) is 11.8 Å². The zero-order valence-electron chi connectivity index (χ0n) is 29.2. The van der Waals surface area contributed by atoms with E-state index in [4.69, 9.17) is 0 Å². The third kappa shape index (κ3) is 10.6. The molecule has 1 saturated carbocycles. The van der Waals surface area contributed by atoms with Gasteiger partial charge in [0.2, 0.25) is 17.7 Å². The largest absolute Gasteiger partial charge is 0.417 e. The summed E-state index contributed by atoms with van der Waals surface area (Å²) < 4.78 is 146. The lowest BCUT2D eigenvalue weighted by Gasteiger charge is -2.27. The Morgan fingerprint density at radius 2 is 1.28 bits per heavy atom. The molecule has 0 aliphatic heterocycles. The first-order valence-electron chi connectivity index (χ1n) is 16.2. The number of hydrogen-bond acceptors (Lipinski definition) is 9. The number of aromatic nitrogens is 2. The number of amides is 4. The Hall–Kier alpha value is -6.10. The summed E-state index contributed by atoms with van der Waals surface area (Å²) in [7, 11) is -2.84. The van der Waals surface area contributed by atoms with Gasteiger partial charge in [0.05, 0.1) is 23.8 Å². The number of rotatable bonds is 15. The minimum absolute atomic E-state index is 0.0285. The van der Waals surface area contributed by atoms with Crippen molar-refractivity contribution < 1.29 is 67.4 Å². The third-order valence-electron chi connectivity index (χ3n) is 8.42. The molecule has 0 radical (unpaired) electrons. The molecule has 4 aromatic rings. The second-order valence-corrected chi connectivity index (χ2v) is 13.8. The average molecular weight is 832 g/mol. The van der Waals surface area contributed by atoms with Crippen molar-refractivity contribution in [2.75, 3.05) is 23.9 Å². The van der Waals surface area contributed by atoms with E-state index >= 15 is 0 Å². The first-order chi connectivity index (χ1) is 26.7. The minimum atomic E-state index is -5.15. The first-order valence-corrected chi connectivity index (χ1v) is 17.6. The number of likely N-dealkylation sites (N-methyl/N-ethyl adjacent to an activating group) is 2. The van der Waals surface area contributed by atoms with Gasteiger partial charge in [0.25, 0.3) is 5.91 Å². The van der Waals surface area contributed by atoms with Crippen molar-refractivity contribution >= 4 is 39.4 Å². The maximum Gasteiger partial charge on any atom is 0.388 e. The molecular formula is C34H29F8N7O7S. The number of halogens is 8. The molecule has 1 aliphatic carbocycles. The molecule has 1 fully saturated rings. The van der Waals surface area contributed by atoms with Gasteiger partial charge in [0.1, 0.15) is 34.8 Å². The fraction of sp³-hybridized carbons (Fsp3) is 0.265. The summed E-state index contributed by atoms with van der Waals surface area (Å²) in [5.41, 5.74) is -2.50. The number of pyridine rings is 2. The van der Waals surface area contributed by atoms with Crippen LogP contribution in [0.1, 0.15) is 23.5 Å². The summed E-state index contributed by atoms with van der Waals surface area (Å²) >= 11 is 0. The quantitative estimate of drug-likeness (QED) is 0.146. The van der Waals surface area contributed by atoms with Gasteiger partial charge < -0.3 is 24.6 Å². The van der Waals surface area contributed by atoms with Crippen LogP contribution < -0.4 is 34.0 Å². The lowest BCUT2D eigenvalue weighted by Crippen LogP contribution is -2.58. The van der Waals surface area contributed by atoms with E-state index in [9.17, 15) is 57.9 Å². The number of ether oxygens (including phenoxy) is 2. The number of alkyl halides is 4. The number of carbonyl (C=O) groups is 3. The van der Waals surface area contributed by atoms with E-state index in [1.807, 2.05) is 4.72 Å². The van der Waals surface area contributed by atoms with Crippen LogP contribution in [0.5, 0.6) is 11.8 Å². The highest BCUT2D eigenvalue weighted by molar-refractivity contribution is 7.88. The Labute approximate surface area is 318 Å². The fourth-order valence-electron chi connectivity index (χ4n) is 5.82. The molecule has 2 aromatic carbocycles. The number of carbonyl (C=O) groups excluding carboxylic acids is 3. The zero-order chi connectivity index (χ0) is 41.8. The van der Waals surface area contributed by atoms with Crippen molar-refractivity contribution in [2.24, 2.45) is 0 Å². The summed E-state index contributed by atoms with van der Waals surface area (Å²) in [6, 6.07) is 5.19. The normalized spacial score (nSPS) is 16.8. The van der Waals surface area contributed by atoms with E-state index in [0.717, 1.165) is 77.8 Å². The van der Waals surface area contributed by atoms with Crippen LogP contribution in [0.4, 0.5) is 51.3 Å². The maximum absolute atomic E-state index is 14.2. The predicted octanol–water partition coefficient (Wildman–Crippen LogP) is 4.53. The maximum atomic E-state index is 14.2. The van der Waals surface area contributed by atoms with Gasteiger partial charge in [-0.15, -0.1) is 0 Å². The number of nitrogens with zero attached hydrogens (tertiary/aromatic N) is 4. The van der Waals surface area contributed by atoms with Gasteiger partial charge in [0.15, 0.2) is 0 Å². The van der Waals surface area contributed by atoms with Gasteiger partial charge in [0, 0.05) is 44.3 Å². The number of urea groups is 1. The summed E-state index contributed by atoms with van der Waals surface area (Å²) in [4.78, 5) is 50.0. The molecule has 2 aromatic heterocycles. The number of nitrogens with one attached hydrogen (secondary N) is 3. The molecule has 5 rings (SSSR count). The zero-order valence-corrected chi connectivity index (χ0v) is 30.0. The number of hydrogen-bond donors (Lipinski definition) is 3. The Bertz CT molecular complexity index is 2200. The van der Waals surface area contributed by atoms with Gasteiger partial charge in [-0.05, 0) is 60.4 Å². The van der Waals surface area contributed by atoms with E-state index in [2.05, 4.69) is 24.8 Å². The van der Waals surface area contributed by atoms with E-state index in [1.54, 1.807) is 4.72 Å². The third-order valence-corrected chi connectivity index (χ3v) is 9.47. The molecule has 3 atom stereocenters. The lowest BCUT2D eigenvalue weighted by molar-refractivity contribution is -0.121. The van der Waals surface area contributed by atoms with Crippen molar-refractivity contribution in [2.45, 2.75) is 43.6 Å². The van der Waals surface area contributed by atoms with Gasteiger partial charge in [-0.1, -0.05) is 0 Å². The number of anilines is 2. The Balaban J connectivity index is 1.39. The summed E-state index contributed by atoms with van der Waals surface area (Å²) in [6.07, 6.45) is 0.861. The molecule has 0 spiro atoms. The van der Waals surface area contributed by atoms with Crippen molar-refractivity contribution in [1.29, 1.82) is 0 Å². The molecule has 23 heteroatoms. The summed E-state index contributed by atoms with van der Waals surface area (Å²) in [5.74, 6) is -8.45. The van der Waals surface area contributed by atoms with Gasteiger partial charge in [-0.2, -0.15) is 30.7 Å². The highest BCUT2D eigenvalue weighted by atomic mass is 32.2. The van der Waals surface area contributed by atoms with Crippen molar-refractivity contribution in [3.63, 3.8) is 0 Å². The van der Waals surface area contributed by atoms with Gasteiger partial charge in [-0.25, -0.2) is 37.0 Å². The van der Waals surface area contributed by atoms with E-state index in [1.165, 1.54) is 7.05 Å². The Morgan fingerprint density at radius 1 is 0.789 bits per heavy atom. The minimum Gasteiger partial charge on any atom is -0.417 e. The highest BCUT2D eigenvalue weighted by Gasteiger charge is 2.63.